The number of nitrogens with one attached hydrogen (secondary N) is 1. The second-order valence-corrected chi connectivity index (χ2v) is 9.04. The number of para-hydroxylation sites is 1. The summed E-state index contributed by atoms with van der Waals surface area (Å²) in [5.74, 6) is -2.28. The zero-order chi connectivity index (χ0) is 29.1. The van der Waals surface area contributed by atoms with E-state index in [0.29, 0.717) is 12.8 Å². The molecule has 1 amide bonds. The van der Waals surface area contributed by atoms with E-state index in [-0.39, 0.29) is 56.2 Å². The molecule has 13 heteroatoms. The quantitative estimate of drug-likeness (QED) is 0.148. The lowest BCUT2D eigenvalue weighted by Crippen LogP contribution is -2.33. The number of benzene rings is 1. The number of esters is 2. The van der Waals surface area contributed by atoms with Crippen LogP contribution in [-0.4, -0.2) is 74.7 Å². The van der Waals surface area contributed by atoms with Gasteiger partial charge in [-0.3, -0.25) is 14.2 Å². The van der Waals surface area contributed by atoms with Crippen LogP contribution in [-0.2, 0) is 23.8 Å². The molecule has 1 fully saturated rings. The molecule has 13 nitrogen and oxygen atoms in total. The molecule has 1 saturated heterocycles. The van der Waals surface area contributed by atoms with Gasteiger partial charge in [0.1, 0.15) is 23.2 Å². The first-order valence-corrected chi connectivity index (χ1v) is 12.8. The summed E-state index contributed by atoms with van der Waals surface area (Å²) in [6, 6.07) is 7.43. The number of carbonyl (C=O) groups excluding carboxylic acids is 3. The second kappa shape index (κ2) is 14.9. The number of rotatable bonds is 14. The van der Waals surface area contributed by atoms with E-state index in [1.165, 1.54) is 30.5 Å². The Morgan fingerprint density at radius 2 is 1.82 bits per heavy atom. The molecule has 1 aromatic carbocycles. The van der Waals surface area contributed by atoms with Crippen molar-refractivity contribution in [1.82, 2.24) is 9.55 Å². The molecular formula is C27H33N3O10. The summed E-state index contributed by atoms with van der Waals surface area (Å²) >= 11 is 0. The average Bonchev–Trinajstić information content (AvgIpc) is 3.25. The number of phenols is 1. The van der Waals surface area contributed by atoms with Gasteiger partial charge in [0.15, 0.2) is 6.23 Å². The fourth-order valence-electron chi connectivity index (χ4n) is 4.07. The third-order valence-electron chi connectivity index (χ3n) is 6.20. The number of anilines is 1. The van der Waals surface area contributed by atoms with Crippen molar-refractivity contribution in [3.63, 3.8) is 0 Å². The van der Waals surface area contributed by atoms with E-state index >= 15 is 0 Å². The monoisotopic (exact) mass is 559 g/mol. The molecule has 0 radical (unpaired) electrons. The van der Waals surface area contributed by atoms with Crippen LogP contribution in [0.2, 0.25) is 0 Å². The van der Waals surface area contributed by atoms with Gasteiger partial charge in [0.25, 0.3) is 0 Å². The van der Waals surface area contributed by atoms with Gasteiger partial charge in [-0.2, -0.15) is 4.98 Å². The normalized spacial score (nSPS) is 20.1. The number of hydrogen-bond donors (Lipinski definition) is 4. The highest BCUT2D eigenvalue weighted by atomic mass is 16.5. The number of nitrogens with zero attached hydrogens (tertiary/aromatic N) is 2. The van der Waals surface area contributed by atoms with Crippen molar-refractivity contribution in [2.75, 3.05) is 25.1 Å². The predicted molar refractivity (Wildman–Crippen MR) is 140 cm³/mol. The van der Waals surface area contributed by atoms with Crippen LogP contribution in [0, 0.1) is 5.92 Å². The van der Waals surface area contributed by atoms with Crippen molar-refractivity contribution >= 4 is 23.7 Å². The molecule has 0 bridgehead atoms. The first kappa shape index (κ1) is 30.5. The highest BCUT2D eigenvalue weighted by Crippen LogP contribution is 2.33. The standard InChI is InChI=1S/C27H33N3O10/c1-2-17-20(16-31)40-25(24(17)35)30-13-12-21(29-27(30)37)28-22(33)10-7-11-23(34)38-14-5-6-15-39-26(36)18-8-3-4-9-19(18)32/h2-4,8-9,12-13,17,20,24-25,31-32,35H,1,5-7,10-11,14-16H2,(H,28,29,33,37)/t17-,20-,24+,25?/m1/s1. The number of aromatic hydroxyl groups is 1. The molecule has 216 valence electrons. The first-order valence-electron chi connectivity index (χ1n) is 12.8. The zero-order valence-corrected chi connectivity index (χ0v) is 21.8. The average molecular weight is 560 g/mol. The Morgan fingerprint density at radius 1 is 1.10 bits per heavy atom. The van der Waals surface area contributed by atoms with Gasteiger partial charge in [-0.25, -0.2) is 9.59 Å². The number of unbranched alkanes of at least 4 members (excludes halogenated alkanes) is 1. The van der Waals surface area contributed by atoms with Crippen molar-refractivity contribution in [1.29, 1.82) is 0 Å². The molecule has 1 aliphatic rings. The molecule has 0 saturated carbocycles. The Morgan fingerprint density at radius 3 is 2.48 bits per heavy atom. The third kappa shape index (κ3) is 8.21. The van der Waals surface area contributed by atoms with E-state index in [1.54, 1.807) is 12.1 Å². The van der Waals surface area contributed by atoms with Gasteiger partial charge in [-0.1, -0.05) is 18.2 Å². The molecule has 0 spiro atoms. The molecule has 3 rings (SSSR count). The Bertz CT molecular complexity index is 1250. The highest BCUT2D eigenvalue weighted by Gasteiger charge is 2.43. The highest BCUT2D eigenvalue weighted by molar-refractivity contribution is 5.92. The molecule has 4 atom stereocenters. The maximum Gasteiger partial charge on any atom is 0.351 e. The lowest BCUT2D eigenvalue weighted by molar-refractivity contribution is -0.144. The van der Waals surface area contributed by atoms with E-state index in [1.807, 2.05) is 0 Å². The van der Waals surface area contributed by atoms with E-state index < -0.39 is 47.9 Å². The summed E-state index contributed by atoms with van der Waals surface area (Å²) in [4.78, 5) is 52.2. The lowest BCUT2D eigenvalue weighted by atomic mass is 9.99. The maximum atomic E-state index is 12.5. The van der Waals surface area contributed by atoms with Crippen LogP contribution in [0.1, 0.15) is 48.7 Å². The number of aliphatic hydroxyl groups is 2. The summed E-state index contributed by atoms with van der Waals surface area (Å²) < 4.78 is 16.8. The first-order chi connectivity index (χ1) is 19.2. The van der Waals surface area contributed by atoms with E-state index in [4.69, 9.17) is 14.2 Å². The molecule has 1 unspecified atom stereocenters. The third-order valence-corrected chi connectivity index (χ3v) is 6.20. The minimum Gasteiger partial charge on any atom is -0.507 e. The maximum absolute atomic E-state index is 12.5. The zero-order valence-electron chi connectivity index (χ0n) is 21.8. The molecule has 4 N–H and O–H groups in total. The van der Waals surface area contributed by atoms with Gasteiger partial charge < -0.3 is 34.8 Å². The van der Waals surface area contributed by atoms with Gasteiger partial charge in [-0.05, 0) is 37.5 Å². The van der Waals surface area contributed by atoms with Gasteiger partial charge in [0.2, 0.25) is 5.91 Å². The van der Waals surface area contributed by atoms with Crippen molar-refractivity contribution in [2.45, 2.75) is 50.5 Å². The van der Waals surface area contributed by atoms with Gasteiger partial charge in [0.05, 0.1) is 25.9 Å². The number of amides is 1. The molecule has 40 heavy (non-hydrogen) atoms. The van der Waals surface area contributed by atoms with Crippen LogP contribution in [0.25, 0.3) is 0 Å². The number of phenolic OH excluding ortho intramolecular Hbond substituents is 1. The van der Waals surface area contributed by atoms with E-state index in [0.717, 1.165) is 4.57 Å². The fourth-order valence-corrected chi connectivity index (χ4v) is 4.07. The summed E-state index contributed by atoms with van der Waals surface area (Å²) in [6.07, 6.45) is 1.04. The minimum atomic E-state index is -1.11. The second-order valence-electron chi connectivity index (χ2n) is 9.04. The van der Waals surface area contributed by atoms with Gasteiger partial charge in [0, 0.05) is 25.0 Å². The molecule has 0 aliphatic carbocycles. The molecule has 1 aromatic heterocycles. The minimum absolute atomic E-state index is 0.00321. The summed E-state index contributed by atoms with van der Waals surface area (Å²) in [5.41, 5.74) is -0.685. The largest absolute Gasteiger partial charge is 0.507 e. The number of carbonyl (C=O) groups is 3. The van der Waals surface area contributed by atoms with Crippen LogP contribution in [0.4, 0.5) is 5.82 Å². The molecule has 1 aliphatic heterocycles. The fraction of sp³-hybridized carbons (Fsp3) is 0.444. The van der Waals surface area contributed by atoms with E-state index in [2.05, 4.69) is 16.9 Å². The Balaban J connectivity index is 1.31. The summed E-state index contributed by atoms with van der Waals surface area (Å²) in [5, 5.41) is 32.0. The Hall–Kier alpha value is -4.07. The van der Waals surface area contributed by atoms with Crippen molar-refractivity contribution < 1.29 is 43.9 Å². The Kier molecular flexibility index (Phi) is 11.4. The SMILES string of the molecule is C=C[C@H]1[C@H](O)C(n2ccc(NC(=O)CCCC(=O)OCCCCOC(=O)c3ccccc3O)nc2=O)O[C@@H]1CO. The van der Waals surface area contributed by atoms with Crippen LogP contribution >= 0.6 is 0 Å². The Labute approximate surface area is 230 Å². The number of aromatic nitrogens is 2. The predicted octanol–water partition coefficient (Wildman–Crippen LogP) is 1.29. The van der Waals surface area contributed by atoms with Gasteiger partial charge in [-0.15, -0.1) is 6.58 Å². The van der Waals surface area contributed by atoms with Crippen LogP contribution < -0.4 is 11.0 Å². The van der Waals surface area contributed by atoms with E-state index in [9.17, 15) is 34.5 Å². The molecular weight excluding hydrogens is 526 g/mol. The number of aliphatic hydroxyl groups excluding tert-OH is 2. The van der Waals surface area contributed by atoms with Crippen LogP contribution in [0.5, 0.6) is 5.75 Å². The number of hydrogen-bond acceptors (Lipinski definition) is 11. The summed E-state index contributed by atoms with van der Waals surface area (Å²) in [6.45, 7) is 3.50. The molecule has 2 aromatic rings. The smallest absolute Gasteiger partial charge is 0.351 e. The lowest BCUT2D eigenvalue weighted by Gasteiger charge is -2.17. The van der Waals surface area contributed by atoms with Crippen LogP contribution in [0.15, 0.2) is 54.0 Å². The molecule has 2 heterocycles. The number of ether oxygens (including phenoxy) is 3. The van der Waals surface area contributed by atoms with Crippen LogP contribution in [0.3, 0.4) is 0 Å². The summed E-state index contributed by atoms with van der Waals surface area (Å²) in [7, 11) is 0. The topological polar surface area (TPSA) is 187 Å². The van der Waals surface area contributed by atoms with Crippen molar-refractivity contribution in [3.05, 3.63) is 65.2 Å². The van der Waals surface area contributed by atoms with Gasteiger partial charge >= 0.3 is 17.6 Å². The van der Waals surface area contributed by atoms with Crippen molar-refractivity contribution in [2.24, 2.45) is 5.92 Å². The van der Waals surface area contributed by atoms with Crippen molar-refractivity contribution in [3.8, 4) is 5.75 Å².